The predicted octanol–water partition coefficient (Wildman–Crippen LogP) is 3.17. The maximum Gasteiger partial charge on any atom is 0.142 e. The van der Waals surface area contributed by atoms with E-state index < -0.39 is 0 Å². The molecular formula is C13H13N3. The Labute approximate surface area is 93.7 Å². The monoisotopic (exact) mass is 211 g/mol. The molecule has 0 aliphatic rings. The molecule has 80 valence electrons. The quantitative estimate of drug-likeness (QED) is 0.619. The molecule has 0 radical (unpaired) electrons. The van der Waals surface area contributed by atoms with Crippen molar-refractivity contribution < 1.29 is 0 Å². The maximum absolute atomic E-state index is 4.46. The topological polar surface area (TPSA) is 30.7 Å². The molecule has 0 atom stereocenters. The number of hydrogen-bond acceptors (Lipinski definition) is 2. The van der Waals surface area contributed by atoms with Gasteiger partial charge in [-0.2, -0.15) is 0 Å². The van der Waals surface area contributed by atoms with Gasteiger partial charge in [0, 0.05) is 23.8 Å². The first-order valence-corrected chi connectivity index (χ1v) is 5.48. The molecule has 0 amide bonds. The molecule has 0 saturated heterocycles. The highest BCUT2D eigenvalue weighted by atomic mass is 15.1. The minimum atomic E-state index is 0.388. The van der Waals surface area contributed by atoms with Crippen molar-refractivity contribution in [1.29, 1.82) is 0 Å². The molecule has 3 heterocycles. The van der Waals surface area contributed by atoms with Crippen molar-refractivity contribution in [1.82, 2.24) is 14.5 Å². The Morgan fingerprint density at radius 3 is 2.62 bits per heavy atom. The molecule has 0 spiro atoms. The summed E-state index contributed by atoms with van der Waals surface area (Å²) in [4.78, 5) is 8.91. The largest absolute Gasteiger partial charge is 0.321 e. The molecule has 0 aromatic carbocycles. The van der Waals surface area contributed by atoms with Crippen LogP contribution in [0.3, 0.4) is 0 Å². The van der Waals surface area contributed by atoms with Gasteiger partial charge in [0.25, 0.3) is 0 Å². The molecule has 0 N–H and O–H groups in total. The van der Waals surface area contributed by atoms with Crippen LogP contribution in [0.2, 0.25) is 0 Å². The van der Waals surface area contributed by atoms with Crippen molar-refractivity contribution in [3.8, 4) is 0 Å². The molecule has 16 heavy (non-hydrogen) atoms. The van der Waals surface area contributed by atoms with Crippen LogP contribution in [0.5, 0.6) is 0 Å². The zero-order valence-corrected chi connectivity index (χ0v) is 9.38. The third-order valence-electron chi connectivity index (χ3n) is 2.83. The molecule has 0 fully saturated rings. The number of hydrogen-bond donors (Lipinski definition) is 0. The first-order chi connectivity index (χ1) is 7.79. The summed E-state index contributed by atoms with van der Waals surface area (Å²) >= 11 is 0. The van der Waals surface area contributed by atoms with Crippen LogP contribution in [0.4, 0.5) is 0 Å². The smallest absolute Gasteiger partial charge is 0.142 e. The van der Waals surface area contributed by atoms with E-state index in [0.717, 1.165) is 22.1 Å². The molecule has 0 bridgehead atoms. The molecule has 0 aliphatic carbocycles. The van der Waals surface area contributed by atoms with Gasteiger partial charge in [0.15, 0.2) is 0 Å². The lowest BCUT2D eigenvalue weighted by atomic mass is 10.3. The zero-order valence-electron chi connectivity index (χ0n) is 9.38. The molecule has 3 aromatic rings. The second-order valence-electron chi connectivity index (χ2n) is 4.21. The summed E-state index contributed by atoms with van der Waals surface area (Å²) in [6.45, 7) is 4.33. The first kappa shape index (κ1) is 9.33. The van der Waals surface area contributed by atoms with Gasteiger partial charge in [-0.15, -0.1) is 0 Å². The Bertz CT molecular complexity index is 599. The van der Waals surface area contributed by atoms with Crippen molar-refractivity contribution in [2.75, 3.05) is 0 Å². The molecule has 3 nitrogen and oxygen atoms in total. The van der Waals surface area contributed by atoms with Crippen molar-refractivity contribution >= 4 is 22.1 Å². The van der Waals surface area contributed by atoms with E-state index in [1.54, 1.807) is 0 Å². The fraction of sp³-hybridized carbons (Fsp3) is 0.231. The number of pyridine rings is 2. The molecule has 3 heteroatoms. The average molecular weight is 211 g/mol. The summed E-state index contributed by atoms with van der Waals surface area (Å²) in [5, 5.41) is 1.13. The van der Waals surface area contributed by atoms with Gasteiger partial charge in [-0.05, 0) is 38.1 Å². The number of aromatic nitrogens is 3. The minimum absolute atomic E-state index is 0.388. The molecule has 3 aromatic heterocycles. The Hall–Kier alpha value is -1.90. The third kappa shape index (κ3) is 1.14. The molecule has 0 saturated carbocycles. The van der Waals surface area contributed by atoms with E-state index in [1.807, 2.05) is 24.5 Å². The van der Waals surface area contributed by atoms with E-state index in [1.165, 1.54) is 0 Å². The van der Waals surface area contributed by atoms with E-state index in [9.17, 15) is 0 Å². The zero-order chi connectivity index (χ0) is 11.1. The van der Waals surface area contributed by atoms with Gasteiger partial charge in [0.05, 0.1) is 11.0 Å². The van der Waals surface area contributed by atoms with E-state index in [-0.39, 0.29) is 0 Å². The second-order valence-corrected chi connectivity index (χ2v) is 4.21. The molecule has 0 aliphatic heterocycles. The maximum atomic E-state index is 4.46. The number of nitrogens with zero attached hydrogens (tertiary/aromatic N) is 3. The van der Waals surface area contributed by atoms with Crippen molar-refractivity contribution in [3.05, 3.63) is 36.7 Å². The van der Waals surface area contributed by atoms with Crippen molar-refractivity contribution in [3.63, 3.8) is 0 Å². The molecule has 0 unspecified atom stereocenters. The summed E-state index contributed by atoms with van der Waals surface area (Å²) in [6, 6.07) is 8.50. The number of fused-ring (bicyclic) bond motifs is 3. The van der Waals surface area contributed by atoms with Crippen LogP contribution in [0.1, 0.15) is 19.9 Å². The summed E-state index contributed by atoms with van der Waals surface area (Å²) in [7, 11) is 0. The van der Waals surface area contributed by atoms with E-state index in [2.05, 4.69) is 40.5 Å². The van der Waals surface area contributed by atoms with Crippen LogP contribution in [0.15, 0.2) is 36.7 Å². The fourth-order valence-electron chi connectivity index (χ4n) is 2.21. The van der Waals surface area contributed by atoms with Crippen LogP contribution < -0.4 is 0 Å². The molecule has 3 rings (SSSR count). The van der Waals surface area contributed by atoms with Crippen LogP contribution in [0.25, 0.3) is 22.1 Å². The van der Waals surface area contributed by atoms with Gasteiger partial charge in [-0.25, -0.2) is 4.98 Å². The van der Waals surface area contributed by atoms with Gasteiger partial charge in [0.1, 0.15) is 5.65 Å². The lowest BCUT2D eigenvalue weighted by Gasteiger charge is -2.09. The molecular weight excluding hydrogens is 198 g/mol. The predicted molar refractivity (Wildman–Crippen MR) is 65.4 cm³/mol. The lowest BCUT2D eigenvalue weighted by molar-refractivity contribution is 0.637. The highest BCUT2D eigenvalue weighted by molar-refractivity contribution is 6.04. The third-order valence-corrected chi connectivity index (χ3v) is 2.83. The van der Waals surface area contributed by atoms with Crippen LogP contribution in [-0.2, 0) is 0 Å². The highest BCUT2D eigenvalue weighted by Gasteiger charge is 2.13. The van der Waals surface area contributed by atoms with E-state index in [0.29, 0.717) is 6.04 Å². The van der Waals surface area contributed by atoms with Gasteiger partial charge < -0.3 is 4.57 Å². The second kappa shape index (κ2) is 3.30. The van der Waals surface area contributed by atoms with Gasteiger partial charge >= 0.3 is 0 Å². The Kier molecular flexibility index (Phi) is 1.93. The van der Waals surface area contributed by atoms with Crippen LogP contribution >= 0.6 is 0 Å². The van der Waals surface area contributed by atoms with E-state index in [4.69, 9.17) is 0 Å². The minimum Gasteiger partial charge on any atom is -0.321 e. The van der Waals surface area contributed by atoms with Gasteiger partial charge in [-0.1, -0.05) is 0 Å². The van der Waals surface area contributed by atoms with Crippen molar-refractivity contribution in [2.45, 2.75) is 19.9 Å². The lowest BCUT2D eigenvalue weighted by Crippen LogP contribution is -2.00. The Morgan fingerprint density at radius 2 is 1.81 bits per heavy atom. The van der Waals surface area contributed by atoms with Gasteiger partial charge in [-0.3, -0.25) is 4.98 Å². The van der Waals surface area contributed by atoms with Crippen molar-refractivity contribution in [2.24, 2.45) is 0 Å². The first-order valence-electron chi connectivity index (χ1n) is 5.48. The Morgan fingerprint density at radius 1 is 1.06 bits per heavy atom. The summed E-state index contributed by atoms with van der Waals surface area (Å²) < 4.78 is 2.23. The number of rotatable bonds is 1. The standard InChI is InChI=1S/C13H13N3/c1-9(2)16-11-6-4-7-14-12(11)10-5-3-8-15-13(10)16/h3-9H,1-2H3. The van der Waals surface area contributed by atoms with Crippen LogP contribution in [0, 0.1) is 0 Å². The fourth-order valence-corrected chi connectivity index (χ4v) is 2.21. The van der Waals surface area contributed by atoms with Crippen LogP contribution in [-0.4, -0.2) is 14.5 Å². The average Bonchev–Trinajstić information content (AvgIpc) is 2.63. The SMILES string of the molecule is CC(C)n1c2cccnc2c2cccnc21. The van der Waals surface area contributed by atoms with E-state index >= 15 is 0 Å². The highest BCUT2D eigenvalue weighted by Crippen LogP contribution is 2.28. The van der Waals surface area contributed by atoms with Gasteiger partial charge in [0.2, 0.25) is 0 Å². The summed E-state index contributed by atoms with van der Waals surface area (Å²) in [5.41, 5.74) is 3.22. The summed E-state index contributed by atoms with van der Waals surface area (Å²) in [6.07, 6.45) is 3.67. The normalized spacial score (nSPS) is 11.7. The summed E-state index contributed by atoms with van der Waals surface area (Å²) in [5.74, 6) is 0. The Balaban J connectivity index is 2.59.